The summed E-state index contributed by atoms with van der Waals surface area (Å²) in [6.45, 7) is 13.7. The summed E-state index contributed by atoms with van der Waals surface area (Å²) in [7, 11) is 0.892. The van der Waals surface area contributed by atoms with Gasteiger partial charge in [0, 0.05) is 0 Å². The summed E-state index contributed by atoms with van der Waals surface area (Å²) in [6, 6.07) is 0. The van der Waals surface area contributed by atoms with E-state index in [1.54, 1.807) is 0 Å². The Kier molecular flexibility index (Phi) is 48.9. The molecule has 0 aromatic rings. The molecule has 0 aromatic heterocycles. The molecule has 0 spiro atoms. The average Bonchev–Trinajstić information content (AvgIpc) is 2.24. The smallest absolute Gasteiger partial charge is 1.00 e. The van der Waals surface area contributed by atoms with Gasteiger partial charge in [0.05, 0.1) is 0 Å². The van der Waals surface area contributed by atoms with Gasteiger partial charge in [0.25, 0.3) is 0 Å². The number of hydrogen-bond donors (Lipinski definition) is 0. The molecule has 0 N–H and O–H groups in total. The van der Waals surface area contributed by atoms with Crippen LogP contribution in [0.1, 0.15) is 41.5 Å². The molecule has 0 aromatic carbocycles. The van der Waals surface area contributed by atoms with Gasteiger partial charge in [-0.05, 0) is 37.0 Å². The summed E-state index contributed by atoms with van der Waals surface area (Å²) in [4.78, 5) is 0. The average molecular weight is 366 g/mol. The molecule has 0 aliphatic heterocycles. The molecular weight excluding hydrogens is 336 g/mol. The Labute approximate surface area is 135 Å². The van der Waals surface area contributed by atoms with Gasteiger partial charge in [-0.3, -0.25) is 0 Å². The van der Waals surface area contributed by atoms with Crippen LogP contribution >= 0.6 is 15.8 Å². The van der Waals surface area contributed by atoms with E-state index in [4.69, 9.17) is 0 Å². The van der Waals surface area contributed by atoms with Gasteiger partial charge in [-0.25, -0.2) is 0 Å². The molecule has 0 radical (unpaired) electrons. The molecule has 112 valence electrons. The predicted molar refractivity (Wildman–Crippen MR) is 77.1 cm³/mol. The third kappa shape index (κ3) is 23.5. The van der Waals surface area contributed by atoms with E-state index >= 15 is 0 Å². The summed E-state index contributed by atoms with van der Waals surface area (Å²) in [6.07, 6.45) is 8.51. The minimum atomic E-state index is 0. The molecule has 0 aliphatic rings. The van der Waals surface area contributed by atoms with Crippen LogP contribution in [0.25, 0.3) is 0 Å². The first-order chi connectivity index (χ1) is 6.69. The van der Waals surface area contributed by atoms with Crippen molar-refractivity contribution in [2.75, 3.05) is 37.0 Å². The van der Waals surface area contributed by atoms with Gasteiger partial charge >= 0.3 is 16.5 Å². The molecule has 0 unspecified atom stereocenters. The molecule has 0 nitrogen and oxygen atoms in total. The Morgan fingerprint density at radius 3 is 0.588 bits per heavy atom. The summed E-state index contributed by atoms with van der Waals surface area (Å²) < 4.78 is 0. The van der Waals surface area contributed by atoms with E-state index in [2.05, 4.69) is 41.5 Å². The first-order valence-electron chi connectivity index (χ1n) is 6.14. The quantitative estimate of drug-likeness (QED) is 0.421. The van der Waals surface area contributed by atoms with Crippen molar-refractivity contribution in [3.63, 3.8) is 0 Å². The zero-order valence-electron chi connectivity index (χ0n) is 12.2. The maximum Gasteiger partial charge on any atom is 2.00 e. The van der Waals surface area contributed by atoms with Gasteiger partial charge in [-0.2, -0.15) is 0 Å². The molecule has 17 heavy (non-hydrogen) atoms. The van der Waals surface area contributed by atoms with Crippen LogP contribution in [-0.4, -0.2) is 37.0 Å². The van der Waals surface area contributed by atoms with Gasteiger partial charge in [-0.15, -0.1) is 15.8 Å². The third-order valence-electron chi connectivity index (χ3n) is 2.68. The zero-order valence-corrected chi connectivity index (χ0v) is 16.5. The van der Waals surface area contributed by atoms with Gasteiger partial charge in [0.2, 0.25) is 0 Å². The molecule has 0 rings (SSSR count). The van der Waals surface area contributed by atoms with Gasteiger partial charge < -0.3 is 24.8 Å². The minimum absolute atomic E-state index is 0. The SMILES string of the molecule is CCP(CC)CC.CCP(CC)CC.[Cl-].[Cl-].[Ni+2]. The maximum atomic E-state index is 2.29. The van der Waals surface area contributed by atoms with Crippen LogP contribution in [0.4, 0.5) is 0 Å². The molecule has 0 aliphatic carbocycles. The van der Waals surface area contributed by atoms with Crippen molar-refractivity contribution in [2.24, 2.45) is 0 Å². The molecule has 0 atom stereocenters. The summed E-state index contributed by atoms with van der Waals surface area (Å²) >= 11 is 0. The number of halogens is 2. The Morgan fingerprint density at radius 2 is 0.588 bits per heavy atom. The standard InChI is InChI=1S/2C6H15P.2ClH.Ni/c2*1-4-7(5-2)6-3;;;/h2*4-6H2,1-3H3;2*1H;/q;;;;+2/p-2. The second kappa shape index (κ2) is 26.5. The summed E-state index contributed by atoms with van der Waals surface area (Å²) in [5.74, 6) is 0. The van der Waals surface area contributed by atoms with Gasteiger partial charge in [-0.1, -0.05) is 41.5 Å². The number of rotatable bonds is 6. The van der Waals surface area contributed by atoms with Crippen molar-refractivity contribution in [3.05, 3.63) is 0 Å². The summed E-state index contributed by atoms with van der Waals surface area (Å²) in [5.41, 5.74) is 0. The fourth-order valence-corrected chi connectivity index (χ4v) is 4.02. The van der Waals surface area contributed by atoms with Gasteiger partial charge in [0.1, 0.15) is 0 Å². The monoisotopic (exact) mass is 364 g/mol. The molecular formula is C12H30Cl2NiP2. The topological polar surface area (TPSA) is 0 Å². The second-order valence-electron chi connectivity index (χ2n) is 3.24. The molecule has 0 saturated heterocycles. The van der Waals surface area contributed by atoms with Crippen LogP contribution in [0.5, 0.6) is 0 Å². The second-order valence-corrected chi connectivity index (χ2v) is 9.72. The largest absolute Gasteiger partial charge is 2.00 e. The van der Waals surface area contributed by atoms with Crippen molar-refractivity contribution in [3.8, 4) is 0 Å². The Balaban J connectivity index is -0.0000000480. The fourth-order valence-electron chi connectivity index (χ4n) is 1.34. The van der Waals surface area contributed by atoms with Crippen LogP contribution in [0.15, 0.2) is 0 Å². The van der Waals surface area contributed by atoms with Crippen molar-refractivity contribution in [1.82, 2.24) is 0 Å². The summed E-state index contributed by atoms with van der Waals surface area (Å²) in [5, 5.41) is 0. The molecule has 0 heterocycles. The molecule has 5 heteroatoms. The first kappa shape index (κ1) is 31.4. The van der Waals surface area contributed by atoms with Crippen molar-refractivity contribution >= 4 is 15.8 Å². The molecule has 0 saturated carbocycles. The minimum Gasteiger partial charge on any atom is -1.00 e. The van der Waals surface area contributed by atoms with Crippen LogP contribution in [0, 0.1) is 0 Å². The zero-order chi connectivity index (χ0) is 11.4. The Bertz CT molecular complexity index is 77.5. The van der Waals surface area contributed by atoms with E-state index in [9.17, 15) is 0 Å². The fraction of sp³-hybridized carbons (Fsp3) is 1.00. The molecule has 0 bridgehead atoms. The normalized spacial score (nSPS) is 8.47. The van der Waals surface area contributed by atoms with Crippen LogP contribution < -0.4 is 24.8 Å². The maximum absolute atomic E-state index is 2.29. The van der Waals surface area contributed by atoms with E-state index in [1.807, 2.05) is 0 Å². The van der Waals surface area contributed by atoms with Crippen LogP contribution in [0.2, 0.25) is 0 Å². The Morgan fingerprint density at radius 1 is 0.471 bits per heavy atom. The van der Waals surface area contributed by atoms with E-state index in [-0.39, 0.29) is 41.3 Å². The predicted octanol–water partition coefficient (Wildman–Crippen LogP) is -0.938. The van der Waals surface area contributed by atoms with Crippen LogP contribution in [0.3, 0.4) is 0 Å². The van der Waals surface area contributed by atoms with E-state index in [0.717, 1.165) is 0 Å². The van der Waals surface area contributed by atoms with Gasteiger partial charge in [0.15, 0.2) is 0 Å². The van der Waals surface area contributed by atoms with E-state index in [1.165, 1.54) is 37.0 Å². The van der Waals surface area contributed by atoms with Crippen molar-refractivity contribution in [1.29, 1.82) is 0 Å². The van der Waals surface area contributed by atoms with E-state index < -0.39 is 0 Å². The molecule has 0 amide bonds. The van der Waals surface area contributed by atoms with Crippen molar-refractivity contribution in [2.45, 2.75) is 41.5 Å². The van der Waals surface area contributed by atoms with Crippen LogP contribution in [-0.2, 0) is 16.5 Å². The third-order valence-corrected chi connectivity index (χ3v) is 8.05. The number of hydrogen-bond acceptors (Lipinski definition) is 0. The Hall–Kier alpha value is 1.93. The van der Waals surface area contributed by atoms with Crippen molar-refractivity contribution < 1.29 is 41.3 Å². The molecule has 0 fully saturated rings. The van der Waals surface area contributed by atoms with E-state index in [0.29, 0.717) is 15.8 Å². The first-order valence-corrected chi connectivity index (χ1v) is 9.93.